The lowest BCUT2D eigenvalue weighted by Gasteiger charge is -1.95. The van der Waals surface area contributed by atoms with Gasteiger partial charge in [-0.05, 0) is 6.92 Å². The van der Waals surface area contributed by atoms with E-state index in [4.69, 9.17) is 11.0 Å². The zero-order valence-corrected chi connectivity index (χ0v) is 11.0. The lowest BCUT2D eigenvalue weighted by atomic mass is 9.95. The molecule has 0 fully saturated rings. The van der Waals surface area contributed by atoms with Crippen molar-refractivity contribution in [3.05, 3.63) is 18.0 Å². The van der Waals surface area contributed by atoms with Gasteiger partial charge in [0.1, 0.15) is 34.7 Å². The van der Waals surface area contributed by atoms with Gasteiger partial charge in [-0.15, -0.1) is 15.3 Å². The van der Waals surface area contributed by atoms with E-state index in [-0.39, 0.29) is 11.4 Å². The molecule has 0 atom stereocenters. The lowest BCUT2D eigenvalue weighted by Crippen LogP contribution is -2.16. The average Bonchev–Trinajstić information content (AvgIpc) is 3.16. The van der Waals surface area contributed by atoms with E-state index in [1.165, 1.54) is 10.9 Å². The van der Waals surface area contributed by atoms with E-state index in [0.29, 0.717) is 30.5 Å². The molecule has 0 amide bonds. The fraction of sp³-hybridized carbons (Fsp3) is 0.100. The molecule has 0 saturated heterocycles. The Hall–Kier alpha value is -3.29. The van der Waals surface area contributed by atoms with Crippen LogP contribution in [-0.2, 0) is 0 Å². The van der Waals surface area contributed by atoms with Crippen molar-refractivity contribution in [2.45, 2.75) is 6.92 Å². The third-order valence-corrected chi connectivity index (χ3v) is 2.72. The third-order valence-electron chi connectivity index (χ3n) is 2.72. The summed E-state index contributed by atoms with van der Waals surface area (Å²) >= 11 is 0. The smallest absolute Gasteiger partial charge is 0.342 e. The highest BCUT2D eigenvalue weighted by Gasteiger charge is 2.16. The number of H-pyrrole nitrogens is 1. The quantitative estimate of drug-likeness (QED) is 0.607. The molecular formula is C10H9BN10. The maximum absolute atomic E-state index is 9.12. The zero-order valence-electron chi connectivity index (χ0n) is 11.0. The van der Waals surface area contributed by atoms with Crippen LogP contribution in [0.1, 0.15) is 12.5 Å². The van der Waals surface area contributed by atoms with Crippen molar-refractivity contribution in [3.8, 4) is 6.07 Å². The summed E-state index contributed by atoms with van der Waals surface area (Å²) in [6, 6.07) is 2.01. The van der Waals surface area contributed by atoms with Crippen molar-refractivity contribution in [2.75, 3.05) is 5.73 Å². The second-order valence-corrected chi connectivity index (χ2v) is 4.18. The van der Waals surface area contributed by atoms with Crippen LogP contribution in [-0.4, -0.2) is 39.0 Å². The van der Waals surface area contributed by atoms with Gasteiger partial charge in [0.05, 0.1) is 12.4 Å². The number of rotatable bonds is 2. The molecule has 0 bridgehead atoms. The summed E-state index contributed by atoms with van der Waals surface area (Å²) in [7, 11) is 0.420. The summed E-state index contributed by atoms with van der Waals surface area (Å²) in [6.45, 7) is 1.80. The maximum Gasteiger partial charge on any atom is 0.342 e. The summed E-state index contributed by atoms with van der Waals surface area (Å²) in [4.78, 5) is 8.37. The number of nitrogen functional groups attached to an aromatic ring is 1. The van der Waals surface area contributed by atoms with E-state index in [1.54, 1.807) is 13.1 Å². The van der Waals surface area contributed by atoms with E-state index in [2.05, 4.69) is 35.4 Å². The van der Waals surface area contributed by atoms with Crippen molar-refractivity contribution in [2.24, 2.45) is 20.1 Å². The normalized spacial score (nSPS) is 13.9. The number of aromatic amines is 1. The molecule has 3 N–H and O–H groups in total. The molecule has 21 heavy (non-hydrogen) atoms. The first kappa shape index (κ1) is 12.7. The molecule has 102 valence electrons. The van der Waals surface area contributed by atoms with Gasteiger partial charge >= 0.3 is 7.41 Å². The molecule has 11 heteroatoms. The van der Waals surface area contributed by atoms with Crippen LogP contribution >= 0.6 is 0 Å². The van der Waals surface area contributed by atoms with Crippen LogP contribution in [0.5, 0.6) is 0 Å². The fourth-order valence-electron chi connectivity index (χ4n) is 1.69. The number of nitriles is 1. The zero-order chi connectivity index (χ0) is 14.8. The van der Waals surface area contributed by atoms with Crippen LogP contribution in [0.3, 0.4) is 0 Å². The van der Waals surface area contributed by atoms with Crippen LogP contribution in [0.25, 0.3) is 0 Å². The van der Waals surface area contributed by atoms with Crippen LogP contribution in [0.2, 0.25) is 0 Å². The highest BCUT2D eigenvalue weighted by molar-refractivity contribution is 6.77. The van der Waals surface area contributed by atoms with E-state index < -0.39 is 0 Å². The molecule has 0 saturated carbocycles. The standard InChI is InChI=1S/C10H9BN10/c1-5-15-10(11-16-5)21-4-6(2-12)9(20-21)19-17-7-3-14-18-8(7)13/h3-4,11H,1H3,(H3,13,14,18)/b19-17+. The number of aromatic nitrogens is 4. The molecule has 1 aliphatic rings. The molecule has 1 aliphatic heterocycles. The van der Waals surface area contributed by atoms with Crippen LogP contribution < -0.4 is 5.73 Å². The minimum absolute atomic E-state index is 0.186. The molecule has 0 unspecified atom stereocenters. The molecular weight excluding hydrogens is 271 g/mol. The molecule has 2 aromatic rings. The first-order chi connectivity index (χ1) is 10.2. The molecule has 0 spiro atoms. The number of azo groups is 1. The summed E-state index contributed by atoms with van der Waals surface area (Å²) < 4.78 is 1.48. The van der Waals surface area contributed by atoms with Crippen molar-refractivity contribution in [1.82, 2.24) is 20.0 Å². The van der Waals surface area contributed by atoms with Gasteiger partial charge in [-0.1, -0.05) is 0 Å². The van der Waals surface area contributed by atoms with Gasteiger partial charge < -0.3 is 10.6 Å². The van der Waals surface area contributed by atoms with Crippen LogP contribution in [0.4, 0.5) is 17.3 Å². The van der Waals surface area contributed by atoms with Crippen molar-refractivity contribution in [3.63, 3.8) is 0 Å². The lowest BCUT2D eigenvalue weighted by molar-refractivity contribution is 0.938. The number of anilines is 1. The highest BCUT2D eigenvalue weighted by Crippen LogP contribution is 2.23. The van der Waals surface area contributed by atoms with Gasteiger partial charge in [0.25, 0.3) is 0 Å². The monoisotopic (exact) mass is 280 g/mol. The number of amidine groups is 1. The third kappa shape index (κ3) is 2.41. The Bertz CT molecular complexity index is 817. The van der Waals surface area contributed by atoms with Gasteiger partial charge in [0.2, 0.25) is 5.82 Å². The average molecular weight is 280 g/mol. The largest absolute Gasteiger partial charge is 0.382 e. The van der Waals surface area contributed by atoms with Crippen molar-refractivity contribution in [1.29, 1.82) is 5.26 Å². The number of hydrogen-bond acceptors (Lipinski definition) is 8. The Kier molecular flexibility index (Phi) is 3.04. The predicted octanol–water partition coefficient (Wildman–Crippen LogP) is 0.463. The molecule has 2 aromatic heterocycles. The highest BCUT2D eigenvalue weighted by atomic mass is 15.4. The molecule has 0 radical (unpaired) electrons. The minimum Gasteiger partial charge on any atom is -0.382 e. The van der Waals surface area contributed by atoms with Gasteiger partial charge in [-0.25, -0.2) is 9.67 Å². The minimum atomic E-state index is 0.186. The molecule has 10 nitrogen and oxygen atoms in total. The van der Waals surface area contributed by atoms with Crippen LogP contribution in [0, 0.1) is 11.3 Å². The Balaban J connectivity index is 1.91. The number of hydrogen-bond donors (Lipinski definition) is 2. The number of nitrogens with one attached hydrogen (secondary N) is 1. The molecule has 3 heterocycles. The first-order valence-electron chi connectivity index (χ1n) is 5.96. The van der Waals surface area contributed by atoms with E-state index in [0.717, 1.165) is 0 Å². The number of nitrogens with zero attached hydrogens (tertiary/aromatic N) is 8. The topological polar surface area (TPSA) is 146 Å². The number of nitrogens with two attached hydrogens (primary N) is 1. The van der Waals surface area contributed by atoms with Crippen LogP contribution in [0.15, 0.2) is 32.5 Å². The summed E-state index contributed by atoms with van der Waals surface area (Å²) in [5.41, 5.74) is 6.90. The van der Waals surface area contributed by atoms with Crippen molar-refractivity contribution >= 4 is 36.3 Å². The fourth-order valence-corrected chi connectivity index (χ4v) is 1.69. The second-order valence-electron chi connectivity index (χ2n) is 4.18. The number of aliphatic imine (C=N–C) groups is 1. The Labute approximate surface area is 119 Å². The van der Waals surface area contributed by atoms with Gasteiger partial charge in [-0.3, -0.25) is 5.10 Å². The first-order valence-corrected chi connectivity index (χ1v) is 5.96. The van der Waals surface area contributed by atoms with Gasteiger partial charge in [-0.2, -0.15) is 10.4 Å². The maximum atomic E-state index is 9.12. The van der Waals surface area contributed by atoms with E-state index >= 15 is 0 Å². The predicted molar refractivity (Wildman–Crippen MR) is 77.2 cm³/mol. The Morgan fingerprint density at radius 1 is 1.48 bits per heavy atom. The molecule has 3 rings (SSSR count). The summed E-state index contributed by atoms with van der Waals surface area (Å²) in [6.07, 6.45) is 2.97. The van der Waals surface area contributed by atoms with E-state index in [9.17, 15) is 0 Å². The van der Waals surface area contributed by atoms with Gasteiger partial charge in [0.15, 0.2) is 0 Å². The molecule has 0 aliphatic carbocycles. The van der Waals surface area contributed by atoms with Gasteiger partial charge in [0, 0.05) is 0 Å². The Morgan fingerprint density at radius 3 is 2.95 bits per heavy atom. The van der Waals surface area contributed by atoms with Crippen molar-refractivity contribution < 1.29 is 0 Å². The summed E-state index contributed by atoms with van der Waals surface area (Å²) in [5.74, 6) is 1.15. The SMILES string of the molecule is CC1=NBC(n2cc(C#N)c(/N=N/c3cn[nH]c3N)n2)=N1. The summed E-state index contributed by atoms with van der Waals surface area (Å²) in [5, 5.41) is 27.4. The van der Waals surface area contributed by atoms with E-state index in [1.807, 2.05) is 6.07 Å². The second kappa shape index (κ2) is 5.01. The molecule has 0 aromatic carbocycles. The Morgan fingerprint density at radius 2 is 2.33 bits per heavy atom.